The minimum absolute atomic E-state index is 0.124. The fraction of sp³-hybridized carbons (Fsp3) is 0.500. The molecule has 0 saturated carbocycles. The molecule has 0 aliphatic carbocycles. The molecule has 6 nitrogen and oxygen atoms in total. The molecule has 0 aromatic heterocycles. The van der Waals surface area contributed by atoms with E-state index >= 15 is 0 Å². The van der Waals surface area contributed by atoms with Crippen LogP contribution < -0.4 is 10.6 Å². The van der Waals surface area contributed by atoms with Gasteiger partial charge in [-0.2, -0.15) is 0 Å². The predicted molar refractivity (Wildman–Crippen MR) is 101 cm³/mol. The van der Waals surface area contributed by atoms with E-state index in [1.165, 1.54) is 0 Å². The molecule has 2 N–H and O–H groups in total. The van der Waals surface area contributed by atoms with Crippen molar-refractivity contribution in [3.8, 4) is 0 Å². The molecule has 0 spiro atoms. The number of anilines is 1. The van der Waals surface area contributed by atoms with Crippen molar-refractivity contribution in [1.82, 2.24) is 5.32 Å². The van der Waals surface area contributed by atoms with E-state index in [0.717, 1.165) is 12.8 Å². The smallest absolute Gasteiger partial charge is 0.338 e. The second-order valence-corrected chi connectivity index (χ2v) is 6.64. The maximum absolute atomic E-state index is 11.9. The molecule has 0 heterocycles. The van der Waals surface area contributed by atoms with Crippen LogP contribution in [0.15, 0.2) is 24.3 Å². The minimum atomic E-state index is -0.366. The van der Waals surface area contributed by atoms with Crippen molar-refractivity contribution < 1.29 is 19.1 Å². The molecule has 0 saturated heterocycles. The highest BCUT2D eigenvalue weighted by molar-refractivity contribution is 9.10. The molecule has 1 aromatic rings. The summed E-state index contributed by atoms with van der Waals surface area (Å²) in [5.74, 6) is -0.697. The molecule has 25 heavy (non-hydrogen) atoms. The van der Waals surface area contributed by atoms with E-state index in [4.69, 9.17) is 4.74 Å². The second kappa shape index (κ2) is 11.6. The lowest BCUT2D eigenvalue weighted by Gasteiger charge is -2.09. The molecule has 1 aromatic carbocycles. The first kappa shape index (κ1) is 21.2. The number of alkyl halides is 1. The van der Waals surface area contributed by atoms with Crippen molar-refractivity contribution in [3.63, 3.8) is 0 Å². The third kappa shape index (κ3) is 8.16. The average Bonchev–Trinajstić information content (AvgIpc) is 2.61. The number of carbonyl (C=O) groups is 3. The number of benzene rings is 1. The lowest BCUT2D eigenvalue weighted by molar-refractivity contribution is -0.120. The molecule has 0 aliphatic heterocycles. The fourth-order valence-corrected chi connectivity index (χ4v) is 2.06. The van der Waals surface area contributed by atoms with Gasteiger partial charge < -0.3 is 15.4 Å². The van der Waals surface area contributed by atoms with Crippen LogP contribution >= 0.6 is 15.9 Å². The number of hydrogen-bond donors (Lipinski definition) is 2. The molecule has 7 heteroatoms. The molecular formula is C18H25BrN2O4. The highest BCUT2D eigenvalue weighted by Crippen LogP contribution is 2.11. The monoisotopic (exact) mass is 412 g/mol. The van der Waals surface area contributed by atoms with Crippen LogP contribution in [0, 0.1) is 0 Å². The number of esters is 1. The van der Waals surface area contributed by atoms with Gasteiger partial charge in [0.15, 0.2) is 0 Å². The molecule has 0 unspecified atom stereocenters. The number of carbonyl (C=O) groups excluding carboxylic acids is 3. The van der Waals surface area contributed by atoms with Crippen molar-refractivity contribution >= 4 is 39.4 Å². The van der Waals surface area contributed by atoms with Gasteiger partial charge in [0.2, 0.25) is 11.8 Å². The van der Waals surface area contributed by atoms with Gasteiger partial charge in [0.25, 0.3) is 0 Å². The number of hydrogen-bond acceptors (Lipinski definition) is 4. The van der Waals surface area contributed by atoms with Gasteiger partial charge in [0.1, 0.15) is 0 Å². The Morgan fingerprint density at radius 2 is 1.84 bits per heavy atom. The van der Waals surface area contributed by atoms with Gasteiger partial charge in [-0.25, -0.2) is 4.79 Å². The molecule has 0 radical (unpaired) electrons. The van der Waals surface area contributed by atoms with Crippen LogP contribution in [0.3, 0.4) is 0 Å². The van der Waals surface area contributed by atoms with Crippen LogP contribution in [0.5, 0.6) is 0 Å². The normalized spacial score (nSPS) is 11.5. The van der Waals surface area contributed by atoms with Gasteiger partial charge in [-0.1, -0.05) is 36.2 Å². The Labute approximate surface area is 156 Å². The van der Waals surface area contributed by atoms with Crippen LogP contribution in [0.25, 0.3) is 0 Å². The number of ether oxygens (including phenoxy) is 1. The van der Waals surface area contributed by atoms with Crippen LogP contribution in [-0.2, 0) is 14.3 Å². The highest BCUT2D eigenvalue weighted by atomic mass is 79.9. The maximum Gasteiger partial charge on any atom is 0.338 e. The Kier molecular flexibility index (Phi) is 9.84. The van der Waals surface area contributed by atoms with Crippen LogP contribution in [0.4, 0.5) is 5.69 Å². The van der Waals surface area contributed by atoms with Gasteiger partial charge in [0.05, 0.1) is 17.0 Å². The molecule has 0 bridgehead atoms. The minimum Gasteiger partial charge on any atom is -0.462 e. The van der Waals surface area contributed by atoms with Crippen LogP contribution in [0.2, 0.25) is 0 Å². The average molecular weight is 413 g/mol. The number of amides is 2. The van der Waals surface area contributed by atoms with E-state index in [2.05, 4.69) is 26.6 Å². The maximum atomic E-state index is 11.9. The van der Waals surface area contributed by atoms with E-state index < -0.39 is 0 Å². The van der Waals surface area contributed by atoms with E-state index in [1.807, 2.05) is 13.8 Å². The van der Waals surface area contributed by atoms with Crippen LogP contribution in [-0.4, -0.2) is 35.8 Å². The topological polar surface area (TPSA) is 84.5 Å². The first-order chi connectivity index (χ1) is 12.0. The van der Waals surface area contributed by atoms with E-state index in [0.29, 0.717) is 24.3 Å². The Bertz CT molecular complexity index is 575. The first-order valence-corrected chi connectivity index (χ1v) is 9.38. The van der Waals surface area contributed by atoms with Crippen LogP contribution in [0.1, 0.15) is 49.9 Å². The molecule has 0 fully saturated rings. The van der Waals surface area contributed by atoms with Crippen molar-refractivity contribution in [2.75, 3.05) is 18.5 Å². The SMILES string of the molecule is CCCCOC(=O)c1ccc(NC(=O)CCNC(=O)[C@@H](Br)CC)cc1. The number of halogens is 1. The summed E-state index contributed by atoms with van der Waals surface area (Å²) in [5, 5.41) is 5.41. The van der Waals surface area contributed by atoms with Gasteiger partial charge in [-0.3, -0.25) is 9.59 Å². The van der Waals surface area contributed by atoms with E-state index in [-0.39, 0.29) is 35.6 Å². The van der Waals surface area contributed by atoms with Gasteiger partial charge in [-0.15, -0.1) is 0 Å². The Morgan fingerprint density at radius 3 is 2.44 bits per heavy atom. The fourth-order valence-electron chi connectivity index (χ4n) is 1.90. The summed E-state index contributed by atoms with van der Waals surface area (Å²) >= 11 is 3.25. The summed E-state index contributed by atoms with van der Waals surface area (Å²) in [6.07, 6.45) is 2.67. The molecular weight excluding hydrogens is 388 g/mol. The van der Waals surface area contributed by atoms with Gasteiger partial charge >= 0.3 is 5.97 Å². The van der Waals surface area contributed by atoms with E-state index in [9.17, 15) is 14.4 Å². The first-order valence-electron chi connectivity index (χ1n) is 8.46. The molecule has 1 rings (SSSR count). The molecule has 138 valence electrons. The molecule has 1 atom stereocenters. The zero-order chi connectivity index (χ0) is 18.7. The summed E-state index contributed by atoms with van der Waals surface area (Å²) in [4.78, 5) is 35.0. The third-order valence-electron chi connectivity index (χ3n) is 3.43. The van der Waals surface area contributed by atoms with E-state index in [1.54, 1.807) is 24.3 Å². The zero-order valence-corrected chi connectivity index (χ0v) is 16.2. The Hall–Kier alpha value is -1.89. The summed E-state index contributed by atoms with van der Waals surface area (Å²) in [5.41, 5.74) is 1.04. The Morgan fingerprint density at radius 1 is 1.16 bits per heavy atom. The summed E-state index contributed by atoms with van der Waals surface area (Å²) in [7, 11) is 0. The van der Waals surface area contributed by atoms with Gasteiger partial charge in [-0.05, 0) is 37.1 Å². The number of unbranched alkanes of at least 4 members (excludes halogenated alkanes) is 1. The summed E-state index contributed by atoms with van der Waals surface area (Å²) in [6, 6.07) is 6.53. The van der Waals surface area contributed by atoms with Crippen molar-refractivity contribution in [2.24, 2.45) is 0 Å². The quantitative estimate of drug-likeness (QED) is 0.350. The molecule has 2 amide bonds. The number of rotatable bonds is 10. The zero-order valence-electron chi connectivity index (χ0n) is 14.6. The third-order valence-corrected chi connectivity index (χ3v) is 4.49. The number of nitrogens with one attached hydrogen (secondary N) is 2. The highest BCUT2D eigenvalue weighted by Gasteiger charge is 2.12. The largest absolute Gasteiger partial charge is 0.462 e. The lowest BCUT2D eigenvalue weighted by Crippen LogP contribution is -2.33. The predicted octanol–water partition coefficient (Wildman–Crippen LogP) is 3.26. The van der Waals surface area contributed by atoms with Crippen molar-refractivity contribution in [3.05, 3.63) is 29.8 Å². The summed E-state index contributed by atoms with van der Waals surface area (Å²) in [6.45, 7) is 4.61. The standard InChI is InChI=1S/C18H25BrN2O4/c1-3-5-12-25-18(24)13-6-8-14(9-7-13)21-16(22)10-11-20-17(23)15(19)4-2/h6-9,15H,3-5,10-12H2,1-2H3,(H,20,23)(H,21,22)/t15-/m0/s1. The van der Waals surface area contributed by atoms with Gasteiger partial charge in [0, 0.05) is 18.7 Å². The summed E-state index contributed by atoms with van der Waals surface area (Å²) < 4.78 is 5.12. The lowest BCUT2D eigenvalue weighted by atomic mass is 10.2. The van der Waals surface area contributed by atoms with Crippen molar-refractivity contribution in [2.45, 2.75) is 44.4 Å². The Balaban J connectivity index is 2.38. The van der Waals surface area contributed by atoms with Crippen molar-refractivity contribution in [1.29, 1.82) is 0 Å². The molecule has 0 aliphatic rings. The second-order valence-electron chi connectivity index (χ2n) is 5.53.